The average Bonchev–Trinajstić information content (AvgIpc) is 2.82. The Morgan fingerprint density at radius 2 is 1.86 bits per heavy atom. The number of aromatic hydroxyl groups is 1. The first kappa shape index (κ1) is 27.2. The summed E-state index contributed by atoms with van der Waals surface area (Å²) in [4.78, 5) is 40.8. The molecule has 1 aromatic carbocycles. The van der Waals surface area contributed by atoms with Crippen molar-refractivity contribution in [3.05, 3.63) is 46.2 Å². The molecule has 37 heavy (non-hydrogen) atoms. The van der Waals surface area contributed by atoms with Gasteiger partial charge in [-0.05, 0) is 37.9 Å². The Morgan fingerprint density at radius 3 is 2.46 bits per heavy atom. The molecule has 3 unspecified atom stereocenters. The van der Waals surface area contributed by atoms with Crippen molar-refractivity contribution in [1.29, 1.82) is 0 Å². The Hall–Kier alpha value is -2.86. The van der Waals surface area contributed by atoms with Crippen molar-refractivity contribution < 1.29 is 39.9 Å². The zero-order valence-corrected chi connectivity index (χ0v) is 21.7. The van der Waals surface area contributed by atoms with Crippen LogP contribution in [0.4, 0.5) is 0 Å². The van der Waals surface area contributed by atoms with E-state index in [1.807, 2.05) is 0 Å². The second-order valence-corrected chi connectivity index (χ2v) is 11.2. The van der Waals surface area contributed by atoms with Gasteiger partial charge in [0.2, 0.25) is 5.78 Å². The monoisotopic (exact) mass is 532 g/mol. The highest BCUT2D eigenvalue weighted by Crippen LogP contribution is 2.56. The van der Waals surface area contributed by atoms with Crippen LogP contribution >= 0.6 is 11.8 Å². The second kappa shape index (κ2) is 9.79. The maximum Gasteiger partial charge on any atom is 0.255 e. The van der Waals surface area contributed by atoms with Crippen LogP contribution in [0.15, 0.2) is 35.1 Å². The summed E-state index contributed by atoms with van der Waals surface area (Å²) in [5.74, 6) is -7.53. The number of aliphatic hydroxyl groups excluding tert-OH is 3. The third kappa shape index (κ3) is 3.87. The van der Waals surface area contributed by atoms with Crippen LogP contribution in [-0.4, -0.2) is 91.3 Å². The van der Waals surface area contributed by atoms with E-state index in [0.29, 0.717) is 11.3 Å². The molecular weight excluding hydrogens is 500 g/mol. The highest BCUT2D eigenvalue weighted by atomic mass is 32.2. The van der Waals surface area contributed by atoms with Crippen LogP contribution in [0, 0.1) is 11.8 Å². The number of hydrogen-bond donors (Lipinski definition) is 6. The van der Waals surface area contributed by atoms with Crippen LogP contribution in [0.3, 0.4) is 0 Å². The van der Waals surface area contributed by atoms with Gasteiger partial charge >= 0.3 is 0 Å². The predicted octanol–water partition coefficient (Wildman–Crippen LogP) is 1.01. The van der Waals surface area contributed by atoms with Crippen LogP contribution in [-0.2, 0) is 14.4 Å². The molecule has 3 aliphatic carbocycles. The number of likely N-dealkylation sites (N-methyl/N-ethyl adjacent to an activating group) is 1. The first-order chi connectivity index (χ1) is 17.4. The number of benzene rings is 1. The standard InChI is InChI=1S/C26H32N2O8S/c1-4-5-9-37-10-12-11-7-6-8-13(29)14(11)20(30)16-15(12)21(31)18-19(28(2)3)22(32)17(25(27)35)24(34)26(18,36)23(16)33/h6-8,12,15,18-19,21,29-31,34,36H,4-5,9-10H2,1-3H3,(H2,27,35)/t12-,15?,18?,19-,21?,26-/m0/s1. The minimum Gasteiger partial charge on any atom is -0.508 e. The molecule has 6 atom stereocenters. The number of unbranched alkanes of at least 4 members (excludes halogenated alkanes) is 1. The number of nitrogens with two attached hydrogens (primary N) is 1. The van der Waals surface area contributed by atoms with Gasteiger partial charge in [0.1, 0.15) is 22.8 Å². The molecule has 1 amide bonds. The largest absolute Gasteiger partial charge is 0.508 e. The molecule has 10 nitrogen and oxygen atoms in total. The van der Waals surface area contributed by atoms with Crippen molar-refractivity contribution >= 4 is 35.0 Å². The van der Waals surface area contributed by atoms with E-state index in [0.717, 1.165) is 18.6 Å². The molecule has 200 valence electrons. The quantitative estimate of drug-likeness (QED) is 0.219. The molecule has 3 aliphatic rings. The SMILES string of the molecule is CCCCSC[C@H]1c2cccc(O)c2C(O)=C2C(=O)[C@]3(O)C(O)=C(C(N)=O)C(=O)[C@@H](N(C)C)C3C(O)C21. The number of carbonyl (C=O) groups excluding carboxylic acids is 3. The highest BCUT2D eigenvalue weighted by Gasteiger charge is 2.68. The zero-order chi connectivity index (χ0) is 27.4. The Bertz CT molecular complexity index is 1220. The number of fused-ring (bicyclic) bond motifs is 3. The summed E-state index contributed by atoms with van der Waals surface area (Å²) in [5, 5.41) is 56.3. The predicted molar refractivity (Wildman–Crippen MR) is 137 cm³/mol. The summed E-state index contributed by atoms with van der Waals surface area (Å²) in [6.07, 6.45) is 0.319. The lowest BCUT2D eigenvalue weighted by molar-refractivity contribution is -0.169. The Balaban J connectivity index is 1.98. The van der Waals surface area contributed by atoms with Crippen molar-refractivity contribution in [2.24, 2.45) is 17.6 Å². The lowest BCUT2D eigenvalue weighted by Crippen LogP contribution is -2.70. The van der Waals surface area contributed by atoms with Crippen molar-refractivity contribution in [1.82, 2.24) is 4.90 Å². The van der Waals surface area contributed by atoms with Gasteiger partial charge in [-0.25, -0.2) is 0 Å². The molecule has 7 N–H and O–H groups in total. The fourth-order valence-corrected chi connectivity index (χ4v) is 7.35. The number of primary amides is 1. The number of phenols is 1. The molecule has 1 saturated carbocycles. The van der Waals surface area contributed by atoms with Crippen LogP contribution in [0.5, 0.6) is 5.75 Å². The maximum absolute atomic E-state index is 14.0. The van der Waals surface area contributed by atoms with Gasteiger partial charge in [0.05, 0.1) is 23.6 Å². The molecule has 0 aromatic heterocycles. The van der Waals surface area contributed by atoms with E-state index >= 15 is 0 Å². The molecule has 4 rings (SSSR count). The van der Waals surface area contributed by atoms with E-state index in [-0.39, 0.29) is 16.9 Å². The van der Waals surface area contributed by atoms with E-state index in [9.17, 15) is 39.9 Å². The van der Waals surface area contributed by atoms with Crippen LogP contribution in [0.1, 0.15) is 36.8 Å². The van der Waals surface area contributed by atoms with Crippen molar-refractivity contribution in [2.45, 2.75) is 43.4 Å². The Kier molecular flexibility index (Phi) is 7.19. The summed E-state index contributed by atoms with van der Waals surface area (Å²) in [6.45, 7) is 2.06. The highest BCUT2D eigenvalue weighted by molar-refractivity contribution is 7.99. The first-order valence-corrected chi connectivity index (χ1v) is 13.3. The first-order valence-electron chi connectivity index (χ1n) is 12.1. The molecular formula is C26H32N2O8S. The van der Waals surface area contributed by atoms with Crippen LogP contribution in [0.25, 0.3) is 5.76 Å². The van der Waals surface area contributed by atoms with E-state index in [2.05, 4.69) is 6.92 Å². The molecule has 1 aromatic rings. The second-order valence-electron chi connectivity index (χ2n) is 10.0. The van der Waals surface area contributed by atoms with Gasteiger partial charge in [0.25, 0.3) is 5.91 Å². The van der Waals surface area contributed by atoms with Crippen LogP contribution in [0.2, 0.25) is 0 Å². The number of thioether (sulfide) groups is 1. The van der Waals surface area contributed by atoms with Gasteiger partial charge < -0.3 is 31.3 Å². The smallest absolute Gasteiger partial charge is 0.255 e. The molecule has 0 spiro atoms. The lowest BCUT2D eigenvalue weighted by Gasteiger charge is -2.54. The van der Waals surface area contributed by atoms with E-state index < -0.39 is 70.1 Å². The fraction of sp³-hybridized carbons (Fsp3) is 0.500. The normalized spacial score (nSPS) is 31.4. The third-order valence-electron chi connectivity index (χ3n) is 7.74. The minimum absolute atomic E-state index is 0.00656. The number of nitrogens with zero attached hydrogens (tertiary/aromatic N) is 1. The van der Waals surface area contributed by atoms with Gasteiger partial charge in [-0.1, -0.05) is 25.5 Å². The van der Waals surface area contributed by atoms with E-state index in [1.54, 1.807) is 23.9 Å². The van der Waals surface area contributed by atoms with Crippen LogP contribution < -0.4 is 5.73 Å². The lowest BCUT2D eigenvalue weighted by atomic mass is 9.54. The van der Waals surface area contributed by atoms with Gasteiger partial charge in [-0.2, -0.15) is 11.8 Å². The van der Waals surface area contributed by atoms with Gasteiger partial charge in [0, 0.05) is 23.2 Å². The van der Waals surface area contributed by atoms with Crippen molar-refractivity contribution in [3.8, 4) is 5.75 Å². The number of phenolic OH excluding ortho intramolecular Hbond substituents is 1. The Morgan fingerprint density at radius 1 is 1.19 bits per heavy atom. The van der Waals surface area contributed by atoms with Gasteiger partial charge in [0.15, 0.2) is 11.4 Å². The Labute approximate surface area is 218 Å². The van der Waals surface area contributed by atoms with Crippen molar-refractivity contribution in [3.63, 3.8) is 0 Å². The molecule has 11 heteroatoms. The summed E-state index contributed by atoms with van der Waals surface area (Å²) < 4.78 is 0. The van der Waals surface area contributed by atoms with E-state index in [4.69, 9.17) is 5.73 Å². The van der Waals surface area contributed by atoms with Crippen molar-refractivity contribution in [2.75, 3.05) is 25.6 Å². The molecule has 0 bridgehead atoms. The molecule has 1 fully saturated rings. The fourth-order valence-electron chi connectivity index (χ4n) is 6.05. The zero-order valence-electron chi connectivity index (χ0n) is 20.8. The number of ketones is 2. The number of hydrogen-bond acceptors (Lipinski definition) is 10. The third-order valence-corrected chi connectivity index (χ3v) is 8.91. The summed E-state index contributed by atoms with van der Waals surface area (Å²) in [5.41, 5.74) is 1.66. The van der Waals surface area contributed by atoms with Gasteiger partial charge in [-0.3, -0.25) is 19.3 Å². The minimum atomic E-state index is -2.91. The number of aliphatic hydroxyl groups is 4. The van der Waals surface area contributed by atoms with E-state index in [1.165, 1.54) is 25.1 Å². The topological polar surface area (TPSA) is 182 Å². The number of carbonyl (C=O) groups is 3. The summed E-state index contributed by atoms with van der Waals surface area (Å²) in [7, 11) is 2.96. The number of amides is 1. The molecule has 0 heterocycles. The summed E-state index contributed by atoms with van der Waals surface area (Å²) >= 11 is 1.59. The number of Topliss-reactive ketones (excluding diaryl/α,β-unsaturated/α-hetero) is 2. The van der Waals surface area contributed by atoms with Gasteiger partial charge in [-0.15, -0.1) is 0 Å². The molecule has 0 radical (unpaired) electrons. The maximum atomic E-state index is 14.0. The average molecular weight is 533 g/mol. The molecule has 0 saturated heterocycles. The number of rotatable bonds is 7. The summed E-state index contributed by atoms with van der Waals surface area (Å²) in [6, 6.07) is 3.28. The molecule has 0 aliphatic heterocycles.